The van der Waals surface area contributed by atoms with Crippen LogP contribution in [0.25, 0.3) is 11.4 Å². The molecular formula is C22H18F3N7O3. The highest BCUT2D eigenvalue weighted by Gasteiger charge is 2.41. The van der Waals surface area contributed by atoms with Crippen LogP contribution in [0.2, 0.25) is 0 Å². The predicted octanol–water partition coefficient (Wildman–Crippen LogP) is 3.60. The van der Waals surface area contributed by atoms with Gasteiger partial charge in [-0.2, -0.15) is 18.3 Å². The average Bonchev–Trinajstić information content (AvgIpc) is 3.51. The number of carbonyl (C=O) groups is 2. The van der Waals surface area contributed by atoms with E-state index in [1.807, 2.05) is 0 Å². The third kappa shape index (κ3) is 4.88. The van der Waals surface area contributed by atoms with Gasteiger partial charge in [-0.15, -0.1) is 5.10 Å². The van der Waals surface area contributed by atoms with Crippen LogP contribution in [0, 0.1) is 6.92 Å². The maximum absolute atomic E-state index is 13.7. The summed E-state index contributed by atoms with van der Waals surface area (Å²) in [7, 11) is 0. The number of nitrogens with zero attached hydrogens (tertiary/aromatic N) is 6. The van der Waals surface area contributed by atoms with E-state index in [-0.39, 0.29) is 17.9 Å². The number of amides is 1. The van der Waals surface area contributed by atoms with Crippen LogP contribution in [0.4, 0.5) is 18.9 Å². The molecule has 0 fully saturated rings. The molecule has 0 saturated heterocycles. The molecule has 180 valence electrons. The van der Waals surface area contributed by atoms with Gasteiger partial charge in [0.25, 0.3) is 5.91 Å². The molecule has 4 aromatic rings. The number of carbonyl (C=O) groups excluding carboxylic acids is 2. The Kier molecular flexibility index (Phi) is 6.32. The lowest BCUT2D eigenvalue weighted by atomic mass is 10.1. The van der Waals surface area contributed by atoms with Crippen molar-refractivity contribution in [2.75, 3.05) is 11.9 Å². The van der Waals surface area contributed by atoms with Crippen LogP contribution in [0.1, 0.15) is 38.9 Å². The molecule has 0 unspecified atom stereocenters. The van der Waals surface area contributed by atoms with Gasteiger partial charge in [0, 0.05) is 11.3 Å². The molecule has 2 heterocycles. The number of anilines is 1. The van der Waals surface area contributed by atoms with Gasteiger partial charge in [0.15, 0.2) is 5.69 Å². The number of alkyl halides is 3. The fraction of sp³-hybridized carbons (Fsp3) is 0.182. The molecule has 2 aromatic carbocycles. The summed E-state index contributed by atoms with van der Waals surface area (Å²) in [6.07, 6.45) is -2.65. The Morgan fingerprint density at radius 3 is 2.43 bits per heavy atom. The van der Waals surface area contributed by atoms with E-state index in [0.717, 1.165) is 11.8 Å². The first-order chi connectivity index (χ1) is 16.7. The monoisotopic (exact) mass is 485 g/mol. The molecule has 1 N–H and O–H groups in total. The van der Waals surface area contributed by atoms with Crippen molar-refractivity contribution in [3.8, 4) is 11.4 Å². The minimum Gasteiger partial charge on any atom is -0.462 e. The third-order valence-corrected chi connectivity index (χ3v) is 4.99. The van der Waals surface area contributed by atoms with E-state index in [4.69, 9.17) is 4.74 Å². The summed E-state index contributed by atoms with van der Waals surface area (Å²) in [6, 6.07) is 10.6. The molecule has 2 aromatic heterocycles. The smallest absolute Gasteiger partial charge is 0.434 e. The normalized spacial score (nSPS) is 11.3. The van der Waals surface area contributed by atoms with Crippen molar-refractivity contribution in [1.29, 1.82) is 0 Å². The highest BCUT2D eigenvalue weighted by Crippen LogP contribution is 2.34. The molecule has 1 amide bonds. The summed E-state index contributed by atoms with van der Waals surface area (Å²) in [5.41, 5.74) is 0.181. The van der Waals surface area contributed by atoms with Crippen LogP contribution in [0.3, 0.4) is 0 Å². The molecule has 0 bridgehead atoms. The topological polar surface area (TPSA) is 117 Å². The first-order valence-electron chi connectivity index (χ1n) is 10.3. The minimum absolute atomic E-state index is 0.0151. The van der Waals surface area contributed by atoms with Crippen LogP contribution < -0.4 is 5.32 Å². The summed E-state index contributed by atoms with van der Waals surface area (Å²) in [5.74, 6) is -1.60. The SMILES string of the molecule is CCOC(=O)c1cnn(-c2ccc(C(=O)Nc3cc(-n4cnnn4)ccc3C)cc2)c1C(F)(F)F. The molecule has 0 aliphatic carbocycles. The van der Waals surface area contributed by atoms with E-state index in [2.05, 4.69) is 25.9 Å². The number of ether oxygens (including phenoxy) is 1. The van der Waals surface area contributed by atoms with E-state index in [9.17, 15) is 22.8 Å². The second kappa shape index (κ2) is 9.37. The number of hydrogen-bond donors (Lipinski definition) is 1. The Bertz CT molecular complexity index is 1360. The highest BCUT2D eigenvalue weighted by molar-refractivity contribution is 6.04. The molecule has 0 saturated carbocycles. The van der Waals surface area contributed by atoms with Gasteiger partial charge in [-0.05, 0) is 66.2 Å². The number of aryl methyl sites for hydroxylation is 1. The molecule has 13 heteroatoms. The zero-order chi connectivity index (χ0) is 25.2. The Morgan fingerprint density at radius 2 is 1.80 bits per heavy atom. The minimum atomic E-state index is -4.86. The molecule has 35 heavy (non-hydrogen) atoms. The standard InChI is InChI=1S/C22H18F3N7O3/c1-3-35-21(34)17-11-27-32(19(17)22(23,24)25)15-8-5-14(6-9-15)20(33)28-18-10-16(7-4-13(18)2)31-12-26-29-30-31/h4-12H,3H2,1-2H3,(H,28,33). The lowest BCUT2D eigenvalue weighted by molar-refractivity contribution is -0.143. The predicted molar refractivity (Wildman–Crippen MR) is 116 cm³/mol. The number of esters is 1. The van der Waals surface area contributed by atoms with Gasteiger partial charge in [0.1, 0.15) is 11.9 Å². The number of benzene rings is 2. The summed E-state index contributed by atoms with van der Waals surface area (Å²) in [5, 5.41) is 17.5. The summed E-state index contributed by atoms with van der Waals surface area (Å²) < 4.78 is 47.8. The second-order valence-corrected chi connectivity index (χ2v) is 7.29. The van der Waals surface area contributed by atoms with Crippen LogP contribution in [-0.2, 0) is 10.9 Å². The number of nitrogens with one attached hydrogen (secondary N) is 1. The van der Waals surface area contributed by atoms with E-state index in [1.54, 1.807) is 25.1 Å². The number of tetrazole rings is 1. The van der Waals surface area contributed by atoms with Crippen molar-refractivity contribution in [3.05, 3.63) is 77.4 Å². The van der Waals surface area contributed by atoms with Crippen molar-refractivity contribution in [2.24, 2.45) is 0 Å². The summed E-state index contributed by atoms with van der Waals surface area (Å²) in [6.45, 7) is 3.21. The van der Waals surface area contributed by atoms with Gasteiger partial charge in [-0.1, -0.05) is 6.07 Å². The molecule has 0 radical (unpaired) electrons. The zero-order valence-corrected chi connectivity index (χ0v) is 18.4. The number of aromatic nitrogens is 6. The maximum atomic E-state index is 13.7. The van der Waals surface area contributed by atoms with E-state index < -0.39 is 29.3 Å². The Balaban J connectivity index is 1.59. The molecule has 0 aliphatic rings. The van der Waals surface area contributed by atoms with E-state index in [1.165, 1.54) is 42.2 Å². The van der Waals surface area contributed by atoms with Crippen LogP contribution in [-0.4, -0.2) is 48.5 Å². The molecule has 4 rings (SSSR count). The summed E-state index contributed by atoms with van der Waals surface area (Å²) in [4.78, 5) is 24.7. The van der Waals surface area contributed by atoms with Gasteiger partial charge in [-0.25, -0.2) is 14.2 Å². The average molecular weight is 485 g/mol. The maximum Gasteiger partial charge on any atom is 0.434 e. The van der Waals surface area contributed by atoms with E-state index >= 15 is 0 Å². The van der Waals surface area contributed by atoms with Crippen LogP contribution in [0.5, 0.6) is 0 Å². The lowest BCUT2D eigenvalue weighted by Crippen LogP contribution is -2.18. The highest BCUT2D eigenvalue weighted by atomic mass is 19.4. The van der Waals surface area contributed by atoms with Crippen LogP contribution in [0.15, 0.2) is 55.0 Å². The lowest BCUT2D eigenvalue weighted by Gasteiger charge is -2.13. The van der Waals surface area contributed by atoms with Gasteiger partial charge in [-0.3, -0.25) is 4.79 Å². The van der Waals surface area contributed by atoms with Gasteiger partial charge in [0.05, 0.1) is 24.2 Å². The quantitative estimate of drug-likeness (QED) is 0.415. The molecule has 0 atom stereocenters. The van der Waals surface area contributed by atoms with Crippen molar-refractivity contribution in [2.45, 2.75) is 20.0 Å². The van der Waals surface area contributed by atoms with Gasteiger partial charge < -0.3 is 10.1 Å². The molecule has 10 nitrogen and oxygen atoms in total. The second-order valence-electron chi connectivity index (χ2n) is 7.29. The van der Waals surface area contributed by atoms with Crippen LogP contribution >= 0.6 is 0 Å². The Labute approximate surface area is 196 Å². The Morgan fingerprint density at radius 1 is 1.09 bits per heavy atom. The third-order valence-electron chi connectivity index (χ3n) is 4.99. The molecule has 0 aliphatic heterocycles. The first-order valence-corrected chi connectivity index (χ1v) is 10.3. The fourth-order valence-corrected chi connectivity index (χ4v) is 3.29. The van der Waals surface area contributed by atoms with Crippen molar-refractivity contribution < 1.29 is 27.5 Å². The first kappa shape index (κ1) is 23.6. The van der Waals surface area contributed by atoms with E-state index in [0.29, 0.717) is 16.1 Å². The van der Waals surface area contributed by atoms with Gasteiger partial charge in [0.2, 0.25) is 0 Å². The zero-order valence-electron chi connectivity index (χ0n) is 18.4. The van der Waals surface area contributed by atoms with Crippen molar-refractivity contribution >= 4 is 17.6 Å². The van der Waals surface area contributed by atoms with Gasteiger partial charge >= 0.3 is 12.1 Å². The molecular weight excluding hydrogens is 467 g/mol. The molecule has 0 spiro atoms. The fourth-order valence-electron chi connectivity index (χ4n) is 3.29. The summed E-state index contributed by atoms with van der Waals surface area (Å²) >= 11 is 0. The van der Waals surface area contributed by atoms with Crippen molar-refractivity contribution in [3.63, 3.8) is 0 Å². The largest absolute Gasteiger partial charge is 0.462 e. The number of halogens is 3. The Hall–Kier alpha value is -4.55. The number of hydrogen-bond acceptors (Lipinski definition) is 7. The van der Waals surface area contributed by atoms with Crippen molar-refractivity contribution in [1.82, 2.24) is 30.0 Å². The number of rotatable bonds is 6.